The molecule has 0 aliphatic carbocycles. The van der Waals surface area contributed by atoms with Crippen LogP contribution < -0.4 is 4.90 Å². The van der Waals surface area contributed by atoms with E-state index in [0.717, 1.165) is 5.69 Å². The first-order valence-corrected chi connectivity index (χ1v) is 6.08. The van der Waals surface area contributed by atoms with Crippen molar-refractivity contribution < 1.29 is 4.79 Å². The second-order valence-corrected chi connectivity index (χ2v) is 4.14. The Morgan fingerprint density at radius 3 is 2.61 bits per heavy atom. The highest BCUT2D eigenvalue weighted by atomic mass is 35.5. The van der Waals surface area contributed by atoms with Crippen LogP contribution in [0.1, 0.15) is 17.3 Å². The van der Waals surface area contributed by atoms with Crippen molar-refractivity contribution in [2.45, 2.75) is 6.92 Å². The Kier molecular flexibility index (Phi) is 3.95. The molecule has 1 aromatic carbocycles. The first-order chi connectivity index (χ1) is 8.72. The zero-order chi connectivity index (χ0) is 13.0. The van der Waals surface area contributed by atoms with Crippen molar-refractivity contribution in [2.24, 2.45) is 0 Å². The molecule has 0 bridgehead atoms. The molecule has 2 aromatic rings. The molecular weight excluding hydrogens is 248 g/mol. The number of pyridine rings is 1. The van der Waals surface area contributed by atoms with Gasteiger partial charge in [0.15, 0.2) is 0 Å². The van der Waals surface area contributed by atoms with E-state index in [9.17, 15) is 4.79 Å². The van der Waals surface area contributed by atoms with Crippen LogP contribution in [0.15, 0.2) is 48.7 Å². The van der Waals surface area contributed by atoms with E-state index < -0.39 is 0 Å². The van der Waals surface area contributed by atoms with E-state index in [2.05, 4.69) is 4.98 Å². The standard InChI is InChI=1S/C14H13ClN2O/c1-2-17(12-8-9-16-13(15)10-12)14(18)11-6-4-3-5-7-11/h3-10H,2H2,1H3. The topological polar surface area (TPSA) is 33.2 Å². The third-order valence-corrected chi connectivity index (χ3v) is 2.81. The third-order valence-electron chi connectivity index (χ3n) is 2.60. The molecule has 0 aliphatic rings. The molecule has 2 rings (SSSR count). The molecule has 3 nitrogen and oxygen atoms in total. The summed E-state index contributed by atoms with van der Waals surface area (Å²) in [5.41, 5.74) is 1.42. The Hall–Kier alpha value is -1.87. The lowest BCUT2D eigenvalue weighted by molar-refractivity contribution is 0.0988. The molecule has 0 fully saturated rings. The minimum absolute atomic E-state index is 0.0413. The lowest BCUT2D eigenvalue weighted by Crippen LogP contribution is -2.30. The Bertz CT molecular complexity index is 543. The average molecular weight is 261 g/mol. The van der Waals surface area contributed by atoms with Gasteiger partial charge in [0.2, 0.25) is 0 Å². The Morgan fingerprint density at radius 1 is 1.28 bits per heavy atom. The molecule has 0 radical (unpaired) electrons. The highest BCUT2D eigenvalue weighted by Gasteiger charge is 2.15. The lowest BCUT2D eigenvalue weighted by Gasteiger charge is -2.21. The summed E-state index contributed by atoms with van der Waals surface area (Å²) in [5.74, 6) is -0.0413. The van der Waals surface area contributed by atoms with Crippen LogP contribution in [-0.4, -0.2) is 17.4 Å². The summed E-state index contributed by atoms with van der Waals surface area (Å²) in [6, 6.07) is 12.6. The van der Waals surface area contributed by atoms with Gasteiger partial charge in [-0.25, -0.2) is 4.98 Å². The maximum atomic E-state index is 12.4. The number of carbonyl (C=O) groups excluding carboxylic acids is 1. The summed E-state index contributed by atoms with van der Waals surface area (Å²) in [6.07, 6.45) is 1.60. The summed E-state index contributed by atoms with van der Waals surface area (Å²) >= 11 is 5.85. The lowest BCUT2D eigenvalue weighted by atomic mass is 10.2. The predicted molar refractivity (Wildman–Crippen MR) is 73.0 cm³/mol. The molecule has 0 saturated carbocycles. The van der Waals surface area contributed by atoms with Crippen molar-refractivity contribution in [3.05, 3.63) is 59.4 Å². The smallest absolute Gasteiger partial charge is 0.258 e. The molecule has 4 heteroatoms. The second kappa shape index (κ2) is 5.65. The molecule has 1 aromatic heterocycles. The Morgan fingerprint density at radius 2 is 2.00 bits per heavy atom. The molecule has 0 aliphatic heterocycles. The van der Waals surface area contributed by atoms with Crippen LogP contribution >= 0.6 is 11.6 Å². The van der Waals surface area contributed by atoms with Crippen molar-refractivity contribution in [1.82, 2.24) is 4.98 Å². The number of halogens is 1. The van der Waals surface area contributed by atoms with Gasteiger partial charge in [0.1, 0.15) is 5.15 Å². The van der Waals surface area contributed by atoms with E-state index in [4.69, 9.17) is 11.6 Å². The number of hydrogen-bond acceptors (Lipinski definition) is 2. The summed E-state index contributed by atoms with van der Waals surface area (Å²) in [7, 11) is 0. The van der Waals surface area contributed by atoms with Gasteiger partial charge in [-0.1, -0.05) is 29.8 Å². The molecule has 1 amide bonds. The molecule has 18 heavy (non-hydrogen) atoms. The third kappa shape index (κ3) is 2.68. The molecule has 1 heterocycles. The number of amides is 1. The van der Waals surface area contributed by atoms with Crippen molar-refractivity contribution >= 4 is 23.2 Å². The van der Waals surface area contributed by atoms with E-state index in [0.29, 0.717) is 17.3 Å². The summed E-state index contributed by atoms with van der Waals surface area (Å²) in [4.78, 5) is 17.9. The van der Waals surface area contributed by atoms with E-state index >= 15 is 0 Å². The SMILES string of the molecule is CCN(C(=O)c1ccccc1)c1ccnc(Cl)c1. The van der Waals surface area contributed by atoms with E-state index in [1.807, 2.05) is 25.1 Å². The minimum atomic E-state index is -0.0413. The zero-order valence-corrected chi connectivity index (χ0v) is 10.8. The maximum absolute atomic E-state index is 12.4. The fraction of sp³-hybridized carbons (Fsp3) is 0.143. The number of rotatable bonds is 3. The van der Waals surface area contributed by atoms with Gasteiger partial charge in [-0.05, 0) is 31.2 Å². The molecule has 0 spiro atoms. The van der Waals surface area contributed by atoms with E-state index in [1.165, 1.54) is 0 Å². The number of benzene rings is 1. The van der Waals surface area contributed by atoms with Crippen molar-refractivity contribution in [1.29, 1.82) is 0 Å². The van der Waals surface area contributed by atoms with E-state index in [-0.39, 0.29) is 5.91 Å². The van der Waals surface area contributed by atoms with Gasteiger partial charge in [-0.15, -0.1) is 0 Å². The van der Waals surface area contributed by atoms with Gasteiger partial charge in [-0.3, -0.25) is 4.79 Å². The van der Waals surface area contributed by atoms with Gasteiger partial charge in [0.25, 0.3) is 5.91 Å². The Labute approximate surface area is 111 Å². The van der Waals surface area contributed by atoms with Crippen LogP contribution in [-0.2, 0) is 0 Å². The minimum Gasteiger partial charge on any atom is -0.308 e. The van der Waals surface area contributed by atoms with Gasteiger partial charge in [0, 0.05) is 24.0 Å². The first kappa shape index (κ1) is 12.6. The fourth-order valence-electron chi connectivity index (χ4n) is 1.74. The van der Waals surface area contributed by atoms with Gasteiger partial charge >= 0.3 is 0 Å². The van der Waals surface area contributed by atoms with Crippen molar-refractivity contribution in [3.63, 3.8) is 0 Å². The van der Waals surface area contributed by atoms with Crippen LogP contribution in [0, 0.1) is 0 Å². The average Bonchev–Trinajstić information content (AvgIpc) is 2.40. The monoisotopic (exact) mass is 260 g/mol. The molecule has 0 saturated heterocycles. The molecule has 0 atom stereocenters. The van der Waals surface area contributed by atoms with Crippen LogP contribution in [0.2, 0.25) is 5.15 Å². The van der Waals surface area contributed by atoms with Gasteiger partial charge < -0.3 is 4.90 Å². The number of anilines is 1. The maximum Gasteiger partial charge on any atom is 0.258 e. The first-order valence-electron chi connectivity index (χ1n) is 5.71. The molecular formula is C14H13ClN2O. The molecule has 92 valence electrons. The number of nitrogens with zero attached hydrogens (tertiary/aromatic N) is 2. The quantitative estimate of drug-likeness (QED) is 0.793. The van der Waals surface area contributed by atoms with Crippen LogP contribution in [0.4, 0.5) is 5.69 Å². The largest absolute Gasteiger partial charge is 0.308 e. The summed E-state index contributed by atoms with van der Waals surface area (Å²) in [6.45, 7) is 2.50. The molecule has 0 N–H and O–H groups in total. The fourth-order valence-corrected chi connectivity index (χ4v) is 1.91. The van der Waals surface area contributed by atoms with Gasteiger partial charge in [0.05, 0.1) is 0 Å². The number of aromatic nitrogens is 1. The van der Waals surface area contributed by atoms with Crippen LogP contribution in [0.3, 0.4) is 0 Å². The Balaban J connectivity index is 2.32. The normalized spacial score (nSPS) is 10.1. The summed E-state index contributed by atoms with van der Waals surface area (Å²) < 4.78 is 0. The second-order valence-electron chi connectivity index (χ2n) is 3.75. The van der Waals surface area contributed by atoms with Crippen molar-refractivity contribution in [3.8, 4) is 0 Å². The highest BCUT2D eigenvalue weighted by molar-refractivity contribution is 6.29. The van der Waals surface area contributed by atoms with Crippen LogP contribution in [0.5, 0.6) is 0 Å². The van der Waals surface area contributed by atoms with E-state index in [1.54, 1.807) is 35.4 Å². The predicted octanol–water partition coefficient (Wildman–Crippen LogP) is 3.40. The highest BCUT2D eigenvalue weighted by Crippen LogP contribution is 2.19. The van der Waals surface area contributed by atoms with Crippen molar-refractivity contribution in [2.75, 3.05) is 11.4 Å². The number of carbonyl (C=O) groups is 1. The molecule has 0 unspecified atom stereocenters. The zero-order valence-electron chi connectivity index (χ0n) is 10.0. The van der Waals surface area contributed by atoms with Gasteiger partial charge in [-0.2, -0.15) is 0 Å². The summed E-state index contributed by atoms with van der Waals surface area (Å²) in [5, 5.41) is 0.381. The number of hydrogen-bond donors (Lipinski definition) is 0. The van der Waals surface area contributed by atoms with Crippen LogP contribution in [0.25, 0.3) is 0 Å².